The van der Waals surface area contributed by atoms with Crippen LogP contribution in [0.3, 0.4) is 0 Å². The average Bonchev–Trinajstić information content (AvgIpc) is 2.59. The van der Waals surface area contributed by atoms with E-state index in [0.717, 1.165) is 12.0 Å². The maximum Gasteiger partial charge on any atom is 0.272 e. The number of anilines is 1. The Morgan fingerprint density at radius 3 is 2.70 bits per heavy atom. The molecular formula is C21H23Cl2N3O. The zero-order valence-electron chi connectivity index (χ0n) is 15.9. The number of rotatable bonds is 3. The summed E-state index contributed by atoms with van der Waals surface area (Å²) in [6, 6.07) is 11.0. The van der Waals surface area contributed by atoms with E-state index in [2.05, 4.69) is 55.4 Å². The van der Waals surface area contributed by atoms with Gasteiger partial charge in [0.05, 0.1) is 16.8 Å². The lowest BCUT2D eigenvalue weighted by Crippen LogP contribution is -2.45. The summed E-state index contributed by atoms with van der Waals surface area (Å²) in [6.45, 7) is 6.78. The molecule has 0 aliphatic carbocycles. The van der Waals surface area contributed by atoms with Crippen LogP contribution in [-0.2, 0) is 0 Å². The van der Waals surface area contributed by atoms with Gasteiger partial charge in [0.15, 0.2) is 0 Å². The van der Waals surface area contributed by atoms with Crippen LogP contribution in [0, 0.1) is 0 Å². The predicted octanol–water partition coefficient (Wildman–Crippen LogP) is 5.48. The Hall–Kier alpha value is -2.04. The number of carbonyl (C=O) groups is 1. The van der Waals surface area contributed by atoms with Crippen molar-refractivity contribution in [1.82, 2.24) is 5.43 Å². The lowest BCUT2D eigenvalue weighted by molar-refractivity contribution is 0.0955. The molecule has 27 heavy (non-hydrogen) atoms. The van der Waals surface area contributed by atoms with Gasteiger partial charge in [-0.25, -0.2) is 5.43 Å². The number of fused-ring (bicyclic) bond motifs is 1. The van der Waals surface area contributed by atoms with Gasteiger partial charge in [0, 0.05) is 23.3 Å². The van der Waals surface area contributed by atoms with Gasteiger partial charge in [-0.3, -0.25) is 4.79 Å². The third kappa shape index (κ3) is 4.12. The van der Waals surface area contributed by atoms with Crippen LogP contribution in [0.2, 0.25) is 10.0 Å². The largest absolute Gasteiger partial charge is 0.369 e. The summed E-state index contributed by atoms with van der Waals surface area (Å²) in [5.41, 5.74) is 6.46. The molecule has 0 radical (unpaired) electrons. The van der Waals surface area contributed by atoms with Crippen LogP contribution in [0.15, 0.2) is 41.5 Å². The van der Waals surface area contributed by atoms with E-state index in [1.165, 1.54) is 17.3 Å². The van der Waals surface area contributed by atoms with Gasteiger partial charge in [-0.2, -0.15) is 5.10 Å². The first-order valence-electron chi connectivity index (χ1n) is 8.85. The van der Waals surface area contributed by atoms with Gasteiger partial charge in [-0.05, 0) is 67.6 Å². The number of nitrogens with one attached hydrogen (secondary N) is 1. The molecule has 0 unspecified atom stereocenters. The molecule has 1 aliphatic rings. The molecule has 3 rings (SSSR count). The highest BCUT2D eigenvalue weighted by atomic mass is 35.5. The summed E-state index contributed by atoms with van der Waals surface area (Å²) >= 11 is 11.9. The second-order valence-corrected chi connectivity index (χ2v) is 8.46. The van der Waals surface area contributed by atoms with Crippen LogP contribution in [0.25, 0.3) is 0 Å². The summed E-state index contributed by atoms with van der Waals surface area (Å²) in [5, 5.41) is 4.85. The summed E-state index contributed by atoms with van der Waals surface area (Å²) in [6.07, 6.45) is 2.73. The van der Waals surface area contributed by atoms with Crippen molar-refractivity contribution in [3.63, 3.8) is 0 Å². The van der Waals surface area contributed by atoms with Crippen LogP contribution >= 0.6 is 23.2 Å². The summed E-state index contributed by atoms with van der Waals surface area (Å²) in [5.74, 6) is 0.0859. The van der Waals surface area contributed by atoms with Gasteiger partial charge in [0.1, 0.15) is 0 Å². The number of hydrogen-bond donors (Lipinski definition) is 1. The molecule has 1 amide bonds. The molecule has 6 heteroatoms. The summed E-state index contributed by atoms with van der Waals surface area (Å²) in [7, 11) is 2.13. The van der Waals surface area contributed by atoms with E-state index in [4.69, 9.17) is 23.2 Å². The van der Waals surface area contributed by atoms with Gasteiger partial charge in [0.2, 0.25) is 0 Å². The van der Waals surface area contributed by atoms with Crippen LogP contribution < -0.4 is 10.3 Å². The number of hydrogen-bond acceptors (Lipinski definition) is 3. The van der Waals surface area contributed by atoms with Gasteiger partial charge >= 0.3 is 0 Å². The predicted molar refractivity (Wildman–Crippen MR) is 113 cm³/mol. The molecule has 0 aromatic heterocycles. The Balaban J connectivity index is 1.75. The van der Waals surface area contributed by atoms with E-state index in [9.17, 15) is 4.79 Å². The third-order valence-corrected chi connectivity index (χ3v) is 5.76. The number of nitrogens with zero attached hydrogens (tertiary/aromatic N) is 2. The van der Waals surface area contributed by atoms with Crippen molar-refractivity contribution in [2.75, 3.05) is 11.9 Å². The number of benzene rings is 2. The molecule has 4 nitrogen and oxygen atoms in total. The minimum Gasteiger partial charge on any atom is -0.369 e. The van der Waals surface area contributed by atoms with Gasteiger partial charge in [-0.1, -0.05) is 36.2 Å². The number of amides is 1. The van der Waals surface area contributed by atoms with Crippen LogP contribution in [-0.4, -0.2) is 24.7 Å². The Labute approximate surface area is 170 Å². The lowest BCUT2D eigenvalue weighted by atomic mass is 9.80. The Morgan fingerprint density at radius 1 is 1.26 bits per heavy atom. The van der Waals surface area contributed by atoms with Gasteiger partial charge in [0.25, 0.3) is 5.91 Å². The van der Waals surface area contributed by atoms with E-state index in [1.54, 1.807) is 18.3 Å². The number of halogens is 2. The maximum absolute atomic E-state index is 12.2. The van der Waals surface area contributed by atoms with Crippen LogP contribution in [0.5, 0.6) is 0 Å². The number of hydrazone groups is 1. The zero-order chi connectivity index (χ0) is 19.8. The van der Waals surface area contributed by atoms with Crippen molar-refractivity contribution in [2.24, 2.45) is 5.10 Å². The second kappa shape index (κ2) is 7.53. The highest BCUT2D eigenvalue weighted by Gasteiger charge is 2.33. The fraction of sp³-hybridized carbons (Fsp3) is 0.333. The van der Waals surface area contributed by atoms with E-state index in [1.807, 2.05) is 6.07 Å². The number of carbonyl (C=O) groups excluding carboxylic acids is 1. The third-order valence-electron chi connectivity index (χ3n) is 5.21. The SMILES string of the molecule is C[C@@H]1CC(C)(C)N(C)c2ccc(/C=N\NC(=O)c3ccc(Cl)cc3Cl)cc21. The molecule has 142 valence electrons. The Morgan fingerprint density at radius 2 is 2.00 bits per heavy atom. The first kappa shape index (κ1) is 19.7. The molecule has 0 fully saturated rings. The lowest BCUT2D eigenvalue weighted by Gasteiger charge is -2.45. The summed E-state index contributed by atoms with van der Waals surface area (Å²) in [4.78, 5) is 14.5. The molecule has 0 saturated heterocycles. The molecule has 1 N–H and O–H groups in total. The molecule has 2 aromatic rings. The standard InChI is InChI=1S/C21H23Cl2N3O/c1-13-11-21(2,3)26(4)19-8-5-14(9-17(13)19)12-24-25-20(27)16-7-6-15(22)10-18(16)23/h5-10,12-13H,11H2,1-4H3,(H,25,27)/b24-12-/t13-/m1/s1. The first-order valence-corrected chi connectivity index (χ1v) is 9.61. The second-order valence-electron chi connectivity index (χ2n) is 7.62. The molecular weight excluding hydrogens is 381 g/mol. The fourth-order valence-electron chi connectivity index (χ4n) is 3.58. The van der Waals surface area contributed by atoms with Crippen molar-refractivity contribution in [3.05, 3.63) is 63.1 Å². The van der Waals surface area contributed by atoms with Crippen molar-refractivity contribution in [3.8, 4) is 0 Å². The molecule has 1 heterocycles. The molecule has 0 bridgehead atoms. The molecule has 0 saturated carbocycles. The Bertz CT molecular complexity index is 908. The molecule has 1 atom stereocenters. The minimum atomic E-state index is -0.374. The van der Waals surface area contributed by atoms with Crippen molar-refractivity contribution in [2.45, 2.75) is 38.6 Å². The maximum atomic E-state index is 12.2. The quantitative estimate of drug-likeness (QED) is 0.544. The Kier molecular flexibility index (Phi) is 5.50. The highest BCUT2D eigenvalue weighted by molar-refractivity contribution is 6.36. The topological polar surface area (TPSA) is 44.7 Å². The monoisotopic (exact) mass is 403 g/mol. The van der Waals surface area contributed by atoms with E-state index < -0.39 is 0 Å². The average molecular weight is 404 g/mol. The van der Waals surface area contributed by atoms with E-state index in [-0.39, 0.29) is 11.4 Å². The van der Waals surface area contributed by atoms with Crippen molar-refractivity contribution < 1.29 is 4.79 Å². The van der Waals surface area contributed by atoms with Crippen LogP contribution in [0.4, 0.5) is 5.69 Å². The van der Waals surface area contributed by atoms with Crippen molar-refractivity contribution >= 4 is 41.0 Å². The van der Waals surface area contributed by atoms with E-state index >= 15 is 0 Å². The van der Waals surface area contributed by atoms with Gasteiger partial charge < -0.3 is 4.90 Å². The molecule has 2 aromatic carbocycles. The minimum absolute atomic E-state index is 0.133. The molecule has 0 spiro atoms. The smallest absolute Gasteiger partial charge is 0.272 e. The zero-order valence-corrected chi connectivity index (χ0v) is 17.4. The van der Waals surface area contributed by atoms with Gasteiger partial charge in [-0.15, -0.1) is 0 Å². The fourth-order valence-corrected chi connectivity index (χ4v) is 4.07. The van der Waals surface area contributed by atoms with Crippen LogP contribution in [0.1, 0.15) is 54.6 Å². The van der Waals surface area contributed by atoms with E-state index in [0.29, 0.717) is 21.5 Å². The van der Waals surface area contributed by atoms with Crippen molar-refractivity contribution in [1.29, 1.82) is 0 Å². The first-order chi connectivity index (χ1) is 12.7. The highest BCUT2D eigenvalue weighted by Crippen LogP contribution is 2.42. The normalized spacial score (nSPS) is 18.4. The summed E-state index contributed by atoms with van der Waals surface area (Å²) < 4.78 is 0. The molecule has 1 aliphatic heterocycles.